The lowest BCUT2D eigenvalue weighted by Gasteiger charge is -2.28. The molecule has 0 atom stereocenters. The number of nitrogens with zero attached hydrogens (tertiary/aromatic N) is 2. The van der Waals surface area contributed by atoms with Crippen LogP contribution in [0, 0.1) is 0 Å². The fourth-order valence-electron chi connectivity index (χ4n) is 2.37. The van der Waals surface area contributed by atoms with Crippen LogP contribution in [-0.4, -0.2) is 38.3 Å². The number of hydrogen-bond donors (Lipinski definition) is 2. The molecule has 124 valence electrons. The molecule has 1 aromatic heterocycles. The summed E-state index contributed by atoms with van der Waals surface area (Å²) < 4.78 is 0. The van der Waals surface area contributed by atoms with Crippen molar-refractivity contribution in [2.24, 2.45) is 0 Å². The number of hydrogen-bond acceptors (Lipinski definition) is 3. The van der Waals surface area contributed by atoms with E-state index in [4.69, 9.17) is 0 Å². The summed E-state index contributed by atoms with van der Waals surface area (Å²) in [5.74, 6) is 0.0973. The number of aliphatic hydroxyl groups is 1. The number of benzene rings is 1. The van der Waals surface area contributed by atoms with Gasteiger partial charge in [-0.15, -0.1) is 0 Å². The van der Waals surface area contributed by atoms with E-state index < -0.39 is 5.60 Å². The minimum Gasteiger partial charge on any atom is -0.389 e. The van der Waals surface area contributed by atoms with Gasteiger partial charge in [-0.3, -0.25) is 9.89 Å². The third kappa shape index (κ3) is 4.93. The fraction of sp³-hybridized carbons (Fsp3) is 0.444. The van der Waals surface area contributed by atoms with Crippen molar-refractivity contribution in [1.29, 1.82) is 0 Å². The van der Waals surface area contributed by atoms with Gasteiger partial charge < -0.3 is 10.0 Å². The number of carbonyl (C=O) groups excluding carboxylic acids is 1. The van der Waals surface area contributed by atoms with Gasteiger partial charge in [0.25, 0.3) is 5.91 Å². The third-order valence-electron chi connectivity index (χ3n) is 3.52. The average molecular weight is 315 g/mol. The van der Waals surface area contributed by atoms with Crippen LogP contribution in [0.2, 0.25) is 0 Å². The maximum absolute atomic E-state index is 12.8. The molecule has 2 N–H and O–H groups in total. The number of rotatable bonds is 6. The van der Waals surface area contributed by atoms with Crippen LogP contribution in [0.25, 0.3) is 0 Å². The second-order valence-corrected chi connectivity index (χ2v) is 6.82. The van der Waals surface area contributed by atoms with Gasteiger partial charge in [0.05, 0.1) is 5.60 Å². The van der Waals surface area contributed by atoms with E-state index in [2.05, 4.69) is 10.2 Å². The first-order valence-electron chi connectivity index (χ1n) is 7.87. The summed E-state index contributed by atoms with van der Waals surface area (Å²) in [5, 5.41) is 17.2. The Kier molecular flexibility index (Phi) is 5.21. The molecule has 5 heteroatoms. The Morgan fingerprint density at radius 1 is 1.30 bits per heavy atom. The van der Waals surface area contributed by atoms with Crippen molar-refractivity contribution >= 4 is 5.91 Å². The molecule has 0 saturated heterocycles. The summed E-state index contributed by atoms with van der Waals surface area (Å²) in [7, 11) is 0. The van der Waals surface area contributed by atoms with E-state index in [1.807, 2.05) is 44.2 Å². The molecule has 1 amide bonds. The molecule has 23 heavy (non-hydrogen) atoms. The van der Waals surface area contributed by atoms with Gasteiger partial charge in [0.1, 0.15) is 5.69 Å². The lowest BCUT2D eigenvalue weighted by atomic mass is 10.1. The molecule has 2 rings (SSSR count). The SMILES string of the molecule is CC(C)c1cc(C(=O)N(Cc2ccccc2)CC(C)(C)O)n[nH]1. The Morgan fingerprint density at radius 2 is 1.96 bits per heavy atom. The smallest absolute Gasteiger partial charge is 0.274 e. The highest BCUT2D eigenvalue weighted by molar-refractivity contribution is 5.92. The summed E-state index contributed by atoms with van der Waals surface area (Å²) >= 11 is 0. The standard InChI is InChI=1S/C18H25N3O2/c1-13(2)15-10-16(20-19-15)17(22)21(12-18(3,4)23)11-14-8-6-5-7-9-14/h5-10,13,23H,11-12H2,1-4H3,(H,19,20). The first kappa shape index (κ1) is 17.2. The number of H-pyrrole nitrogens is 1. The number of carbonyl (C=O) groups is 1. The Morgan fingerprint density at radius 3 is 2.48 bits per heavy atom. The Labute approximate surface area is 137 Å². The largest absolute Gasteiger partial charge is 0.389 e. The number of aromatic nitrogens is 2. The molecule has 0 aliphatic rings. The lowest BCUT2D eigenvalue weighted by molar-refractivity contribution is 0.0277. The molecular weight excluding hydrogens is 290 g/mol. The molecule has 2 aromatic rings. The predicted molar refractivity (Wildman–Crippen MR) is 90.2 cm³/mol. The van der Waals surface area contributed by atoms with E-state index in [-0.39, 0.29) is 18.4 Å². The van der Waals surface area contributed by atoms with E-state index in [0.717, 1.165) is 11.3 Å². The lowest BCUT2D eigenvalue weighted by Crippen LogP contribution is -2.42. The molecule has 0 aliphatic heterocycles. The summed E-state index contributed by atoms with van der Waals surface area (Å²) in [4.78, 5) is 14.4. The van der Waals surface area contributed by atoms with E-state index in [1.54, 1.807) is 24.8 Å². The Balaban J connectivity index is 2.22. The van der Waals surface area contributed by atoms with Crippen molar-refractivity contribution in [3.63, 3.8) is 0 Å². The summed E-state index contributed by atoms with van der Waals surface area (Å²) in [6.07, 6.45) is 0. The molecule has 0 saturated carbocycles. The summed E-state index contributed by atoms with van der Waals surface area (Å²) in [6.45, 7) is 8.16. The second kappa shape index (κ2) is 6.96. The van der Waals surface area contributed by atoms with E-state index >= 15 is 0 Å². The van der Waals surface area contributed by atoms with E-state index in [9.17, 15) is 9.90 Å². The highest BCUT2D eigenvalue weighted by Gasteiger charge is 2.25. The predicted octanol–water partition coefficient (Wildman–Crippen LogP) is 2.95. The fourth-order valence-corrected chi connectivity index (χ4v) is 2.37. The monoisotopic (exact) mass is 315 g/mol. The molecule has 1 aromatic carbocycles. The molecule has 0 fully saturated rings. The molecule has 1 heterocycles. The van der Waals surface area contributed by atoms with Gasteiger partial charge >= 0.3 is 0 Å². The first-order valence-corrected chi connectivity index (χ1v) is 7.87. The van der Waals surface area contributed by atoms with Crippen LogP contribution in [0.3, 0.4) is 0 Å². The Hall–Kier alpha value is -2.14. The first-order chi connectivity index (χ1) is 10.8. The molecule has 5 nitrogen and oxygen atoms in total. The van der Waals surface area contributed by atoms with Crippen LogP contribution in [0.4, 0.5) is 0 Å². The molecule has 0 spiro atoms. The average Bonchev–Trinajstić information content (AvgIpc) is 2.95. The maximum atomic E-state index is 12.8. The van der Waals surface area contributed by atoms with Crippen LogP contribution in [0.15, 0.2) is 36.4 Å². The van der Waals surface area contributed by atoms with Crippen molar-refractivity contribution < 1.29 is 9.90 Å². The van der Waals surface area contributed by atoms with E-state index in [0.29, 0.717) is 12.2 Å². The molecular formula is C18H25N3O2. The summed E-state index contributed by atoms with van der Waals surface area (Å²) in [6, 6.07) is 11.5. The normalized spacial score (nSPS) is 11.7. The third-order valence-corrected chi connectivity index (χ3v) is 3.52. The zero-order valence-electron chi connectivity index (χ0n) is 14.2. The second-order valence-electron chi connectivity index (χ2n) is 6.82. The van der Waals surface area contributed by atoms with E-state index in [1.165, 1.54) is 0 Å². The Bertz CT molecular complexity index is 642. The van der Waals surface area contributed by atoms with Crippen molar-refractivity contribution in [2.45, 2.75) is 45.8 Å². The number of nitrogens with one attached hydrogen (secondary N) is 1. The number of aromatic amines is 1. The number of amides is 1. The van der Waals surface area contributed by atoms with Crippen molar-refractivity contribution in [3.8, 4) is 0 Å². The molecule has 0 radical (unpaired) electrons. The van der Waals surface area contributed by atoms with Crippen molar-refractivity contribution in [3.05, 3.63) is 53.3 Å². The highest BCUT2D eigenvalue weighted by Crippen LogP contribution is 2.16. The molecule has 0 aliphatic carbocycles. The van der Waals surface area contributed by atoms with Crippen molar-refractivity contribution in [1.82, 2.24) is 15.1 Å². The zero-order valence-corrected chi connectivity index (χ0v) is 14.2. The minimum atomic E-state index is -0.971. The molecule has 0 unspecified atom stereocenters. The zero-order chi connectivity index (χ0) is 17.0. The highest BCUT2D eigenvalue weighted by atomic mass is 16.3. The van der Waals surface area contributed by atoms with Crippen LogP contribution in [-0.2, 0) is 6.54 Å². The van der Waals surface area contributed by atoms with Crippen LogP contribution >= 0.6 is 0 Å². The van der Waals surface area contributed by atoms with Gasteiger partial charge in [0.15, 0.2) is 0 Å². The molecule has 0 bridgehead atoms. The van der Waals surface area contributed by atoms with Gasteiger partial charge in [0, 0.05) is 18.8 Å². The van der Waals surface area contributed by atoms with Crippen LogP contribution < -0.4 is 0 Å². The van der Waals surface area contributed by atoms with Gasteiger partial charge in [-0.05, 0) is 31.4 Å². The van der Waals surface area contributed by atoms with Crippen LogP contribution in [0.5, 0.6) is 0 Å². The quantitative estimate of drug-likeness (QED) is 0.861. The summed E-state index contributed by atoms with van der Waals surface area (Å²) in [5.41, 5.74) is 1.36. The van der Waals surface area contributed by atoms with Crippen molar-refractivity contribution in [2.75, 3.05) is 6.54 Å². The van der Waals surface area contributed by atoms with Gasteiger partial charge in [-0.1, -0.05) is 44.2 Å². The van der Waals surface area contributed by atoms with Crippen LogP contribution in [0.1, 0.15) is 55.4 Å². The van der Waals surface area contributed by atoms with Gasteiger partial charge in [0.2, 0.25) is 0 Å². The van der Waals surface area contributed by atoms with Gasteiger partial charge in [-0.2, -0.15) is 5.10 Å². The maximum Gasteiger partial charge on any atom is 0.274 e. The van der Waals surface area contributed by atoms with Gasteiger partial charge in [-0.25, -0.2) is 0 Å². The minimum absolute atomic E-state index is 0.181. The topological polar surface area (TPSA) is 69.2 Å².